The largest absolute Gasteiger partial charge is 0.472 e. The molecule has 8 heteroatoms. The number of furan rings is 1. The second-order valence-corrected chi connectivity index (χ2v) is 5.57. The summed E-state index contributed by atoms with van der Waals surface area (Å²) in [6, 6.07) is 5.26. The first kappa shape index (κ1) is 17.0. The molecule has 2 aromatic heterocycles. The average molecular weight is 344 g/mol. The van der Waals surface area contributed by atoms with E-state index < -0.39 is 0 Å². The number of nitrogens with zero attached hydrogens (tertiary/aromatic N) is 2. The first-order chi connectivity index (χ1) is 12.2. The van der Waals surface area contributed by atoms with Crippen LogP contribution in [0.3, 0.4) is 0 Å². The second-order valence-electron chi connectivity index (χ2n) is 5.57. The van der Waals surface area contributed by atoms with E-state index in [-0.39, 0.29) is 24.8 Å². The first-order valence-electron chi connectivity index (χ1n) is 8.11. The molecule has 1 aliphatic heterocycles. The zero-order valence-corrected chi connectivity index (χ0v) is 13.7. The Labute approximate surface area is 145 Å². The minimum Gasteiger partial charge on any atom is -0.472 e. The van der Waals surface area contributed by atoms with Gasteiger partial charge in [-0.1, -0.05) is 0 Å². The number of ether oxygens (including phenoxy) is 1. The van der Waals surface area contributed by atoms with Gasteiger partial charge in [-0.2, -0.15) is 0 Å². The number of carbonyl (C=O) groups excluding carboxylic acids is 2. The number of aromatic nitrogens is 1. The molecule has 0 radical (unpaired) electrons. The highest BCUT2D eigenvalue weighted by Gasteiger charge is 2.12. The molecule has 0 spiro atoms. The summed E-state index contributed by atoms with van der Waals surface area (Å²) in [5.74, 6) is 0.417. The van der Waals surface area contributed by atoms with Crippen LogP contribution >= 0.6 is 0 Å². The van der Waals surface area contributed by atoms with Crippen LogP contribution in [0.25, 0.3) is 0 Å². The van der Waals surface area contributed by atoms with Crippen molar-refractivity contribution in [1.82, 2.24) is 10.3 Å². The van der Waals surface area contributed by atoms with Crippen LogP contribution in [0.15, 0.2) is 41.3 Å². The Kier molecular flexibility index (Phi) is 5.63. The van der Waals surface area contributed by atoms with Crippen LogP contribution < -0.4 is 15.5 Å². The van der Waals surface area contributed by atoms with Crippen molar-refractivity contribution in [3.05, 3.63) is 42.5 Å². The summed E-state index contributed by atoms with van der Waals surface area (Å²) in [6.45, 7) is 3.27. The molecule has 0 aliphatic carbocycles. The number of anilines is 2. The maximum atomic E-state index is 11.9. The second kappa shape index (κ2) is 8.29. The van der Waals surface area contributed by atoms with Crippen molar-refractivity contribution in [3.63, 3.8) is 0 Å². The zero-order valence-electron chi connectivity index (χ0n) is 13.7. The molecule has 1 aliphatic rings. The molecule has 0 saturated carbocycles. The summed E-state index contributed by atoms with van der Waals surface area (Å²) >= 11 is 0. The Balaban J connectivity index is 1.42. The zero-order chi connectivity index (χ0) is 17.5. The van der Waals surface area contributed by atoms with Gasteiger partial charge in [-0.05, 0) is 18.2 Å². The third kappa shape index (κ3) is 4.80. The summed E-state index contributed by atoms with van der Waals surface area (Å²) in [7, 11) is 0. The van der Waals surface area contributed by atoms with Gasteiger partial charge in [-0.15, -0.1) is 0 Å². The third-order valence-electron chi connectivity index (χ3n) is 3.79. The molecule has 0 aromatic carbocycles. The van der Waals surface area contributed by atoms with Crippen molar-refractivity contribution in [1.29, 1.82) is 0 Å². The predicted octanol–water partition coefficient (Wildman–Crippen LogP) is 1.27. The van der Waals surface area contributed by atoms with E-state index in [1.54, 1.807) is 12.3 Å². The summed E-state index contributed by atoms with van der Waals surface area (Å²) in [6.07, 6.45) is 4.59. The maximum Gasteiger partial charge on any atom is 0.254 e. The van der Waals surface area contributed by atoms with E-state index >= 15 is 0 Å². The number of nitrogens with one attached hydrogen (secondary N) is 2. The monoisotopic (exact) mass is 344 g/mol. The topological polar surface area (TPSA) is 96.7 Å². The summed E-state index contributed by atoms with van der Waals surface area (Å²) < 4.78 is 10.2. The highest BCUT2D eigenvalue weighted by Crippen LogP contribution is 2.15. The number of hydrogen-bond acceptors (Lipinski definition) is 6. The highest BCUT2D eigenvalue weighted by molar-refractivity contribution is 5.94. The number of carbonyl (C=O) groups is 2. The smallest absolute Gasteiger partial charge is 0.254 e. The van der Waals surface area contributed by atoms with Crippen LogP contribution in [0.5, 0.6) is 0 Å². The fraction of sp³-hybridized carbons (Fsp3) is 0.353. The fourth-order valence-electron chi connectivity index (χ4n) is 2.45. The molecule has 8 nitrogen and oxygen atoms in total. The van der Waals surface area contributed by atoms with Gasteiger partial charge < -0.3 is 24.7 Å². The van der Waals surface area contributed by atoms with E-state index in [9.17, 15) is 9.59 Å². The van der Waals surface area contributed by atoms with Gasteiger partial charge in [0.05, 0.1) is 36.9 Å². The lowest BCUT2D eigenvalue weighted by Crippen LogP contribution is -2.36. The molecule has 0 bridgehead atoms. The van der Waals surface area contributed by atoms with Crippen LogP contribution in [0, 0.1) is 0 Å². The number of pyridine rings is 1. The average Bonchev–Trinajstić information content (AvgIpc) is 3.18. The van der Waals surface area contributed by atoms with Gasteiger partial charge in [-0.25, -0.2) is 4.98 Å². The summed E-state index contributed by atoms with van der Waals surface area (Å²) in [5.41, 5.74) is 1.06. The quantitative estimate of drug-likeness (QED) is 0.819. The minimum atomic E-state index is -0.266. The molecule has 132 valence electrons. The number of hydrogen-bond donors (Lipinski definition) is 2. The van der Waals surface area contributed by atoms with Crippen molar-refractivity contribution in [3.8, 4) is 0 Å². The van der Waals surface area contributed by atoms with Crippen LogP contribution in [-0.2, 0) is 9.53 Å². The Morgan fingerprint density at radius 3 is 2.72 bits per heavy atom. The van der Waals surface area contributed by atoms with Crippen molar-refractivity contribution in [2.24, 2.45) is 0 Å². The lowest BCUT2D eigenvalue weighted by molar-refractivity contribution is -0.116. The van der Waals surface area contributed by atoms with Crippen LogP contribution in [0.1, 0.15) is 16.8 Å². The molecule has 0 atom stereocenters. The lowest BCUT2D eigenvalue weighted by Gasteiger charge is -2.27. The van der Waals surface area contributed by atoms with Crippen LogP contribution in [-0.4, -0.2) is 49.6 Å². The van der Waals surface area contributed by atoms with Gasteiger partial charge in [0.15, 0.2) is 0 Å². The molecule has 3 heterocycles. The molecule has 1 fully saturated rings. The Morgan fingerprint density at radius 2 is 2.04 bits per heavy atom. The third-order valence-corrected chi connectivity index (χ3v) is 3.79. The van der Waals surface area contributed by atoms with E-state index in [0.29, 0.717) is 24.5 Å². The van der Waals surface area contributed by atoms with Crippen molar-refractivity contribution in [2.75, 3.05) is 43.1 Å². The SMILES string of the molecule is O=C(CCNC(=O)c1ccoc1)Nc1ccc(N2CCOCC2)nc1. The van der Waals surface area contributed by atoms with Crippen molar-refractivity contribution in [2.45, 2.75) is 6.42 Å². The molecular formula is C17H20N4O4. The van der Waals surface area contributed by atoms with E-state index in [2.05, 4.69) is 20.5 Å². The number of morpholine rings is 1. The van der Waals surface area contributed by atoms with Gasteiger partial charge in [0, 0.05) is 26.1 Å². The minimum absolute atomic E-state index is 0.175. The number of rotatable bonds is 6. The van der Waals surface area contributed by atoms with Gasteiger partial charge in [0.1, 0.15) is 12.1 Å². The normalized spacial score (nSPS) is 14.2. The van der Waals surface area contributed by atoms with Gasteiger partial charge >= 0.3 is 0 Å². The molecule has 2 aromatic rings. The van der Waals surface area contributed by atoms with E-state index in [1.807, 2.05) is 12.1 Å². The van der Waals surface area contributed by atoms with Gasteiger partial charge in [0.25, 0.3) is 5.91 Å². The van der Waals surface area contributed by atoms with Gasteiger partial charge in [-0.3, -0.25) is 9.59 Å². The molecule has 1 saturated heterocycles. The maximum absolute atomic E-state index is 11.9. The Morgan fingerprint density at radius 1 is 1.20 bits per heavy atom. The Bertz CT molecular complexity index is 694. The fourth-order valence-corrected chi connectivity index (χ4v) is 2.45. The van der Waals surface area contributed by atoms with E-state index in [1.165, 1.54) is 12.5 Å². The molecular weight excluding hydrogens is 324 g/mol. The standard InChI is InChI=1S/C17H20N4O4/c22-16(3-5-18-17(23)13-4-8-25-12-13)20-14-1-2-15(19-11-14)21-6-9-24-10-7-21/h1-2,4,8,11-12H,3,5-7,9-10H2,(H,18,23)(H,20,22). The summed E-state index contributed by atoms with van der Waals surface area (Å²) in [4.78, 5) is 30.2. The molecule has 2 amide bonds. The first-order valence-corrected chi connectivity index (χ1v) is 8.11. The molecule has 0 unspecified atom stereocenters. The van der Waals surface area contributed by atoms with Crippen LogP contribution in [0.2, 0.25) is 0 Å². The van der Waals surface area contributed by atoms with Crippen molar-refractivity contribution < 1.29 is 18.7 Å². The number of amides is 2. The van der Waals surface area contributed by atoms with E-state index in [0.717, 1.165) is 18.9 Å². The van der Waals surface area contributed by atoms with Crippen LogP contribution in [0.4, 0.5) is 11.5 Å². The van der Waals surface area contributed by atoms with Crippen molar-refractivity contribution >= 4 is 23.3 Å². The van der Waals surface area contributed by atoms with E-state index in [4.69, 9.17) is 9.15 Å². The Hall–Kier alpha value is -2.87. The lowest BCUT2D eigenvalue weighted by atomic mass is 10.3. The molecule has 2 N–H and O–H groups in total. The highest BCUT2D eigenvalue weighted by atomic mass is 16.5. The molecule has 25 heavy (non-hydrogen) atoms. The summed E-state index contributed by atoms with van der Waals surface area (Å²) in [5, 5.41) is 5.43. The molecule has 3 rings (SSSR count). The van der Waals surface area contributed by atoms with Gasteiger partial charge in [0.2, 0.25) is 5.91 Å². The predicted molar refractivity (Wildman–Crippen MR) is 91.6 cm³/mol.